The molecule has 1 aromatic carbocycles. The molecule has 1 rings (SSSR count). The van der Waals surface area contributed by atoms with Crippen LogP contribution in [0.3, 0.4) is 0 Å². The summed E-state index contributed by atoms with van der Waals surface area (Å²) >= 11 is 0. The lowest BCUT2D eigenvalue weighted by molar-refractivity contribution is -0.124. The molecular weight excluding hydrogens is 204 g/mol. The zero-order valence-corrected chi connectivity index (χ0v) is 9.81. The van der Waals surface area contributed by atoms with Crippen molar-refractivity contribution in [2.45, 2.75) is 13.3 Å². The van der Waals surface area contributed by atoms with Gasteiger partial charge < -0.3 is 5.11 Å². The third-order valence-corrected chi connectivity index (χ3v) is 2.57. The number of carbonyl (C=O) groups excluding carboxylic acids is 1. The van der Waals surface area contributed by atoms with E-state index in [0.29, 0.717) is 13.0 Å². The molecule has 1 amide bonds. The van der Waals surface area contributed by atoms with Gasteiger partial charge in [0.25, 0.3) is 5.91 Å². The van der Waals surface area contributed by atoms with Gasteiger partial charge >= 0.3 is 0 Å². The van der Waals surface area contributed by atoms with E-state index in [9.17, 15) is 4.79 Å². The Morgan fingerprint density at radius 2 is 2.00 bits per heavy atom. The molecule has 1 atom stereocenters. The van der Waals surface area contributed by atoms with Crippen LogP contribution in [0.5, 0.6) is 0 Å². The minimum absolute atomic E-state index is 0.0232. The topological polar surface area (TPSA) is 49.3 Å². The van der Waals surface area contributed by atoms with Crippen LogP contribution in [0.15, 0.2) is 30.3 Å². The Balaban J connectivity index is 2.92. The van der Waals surface area contributed by atoms with E-state index in [1.54, 1.807) is 0 Å². The van der Waals surface area contributed by atoms with Crippen molar-refractivity contribution in [3.63, 3.8) is 0 Å². The fourth-order valence-electron chi connectivity index (χ4n) is 1.56. The molecule has 0 saturated heterocycles. The minimum atomic E-state index is -0.0280. The number of benzene rings is 1. The number of amides is 1. The number of aliphatic hydroxyl groups is 1. The van der Waals surface area contributed by atoms with E-state index in [-0.39, 0.29) is 17.1 Å². The lowest BCUT2D eigenvalue weighted by Gasteiger charge is -2.32. The largest absolute Gasteiger partial charge is 0.390 e. The number of nitrogens with zero attached hydrogens (tertiary/aromatic N) is 1. The van der Waals surface area contributed by atoms with Crippen molar-refractivity contribution in [3.05, 3.63) is 30.3 Å². The second-order valence-corrected chi connectivity index (χ2v) is 3.86. The molecule has 0 spiro atoms. The lowest BCUT2D eigenvalue weighted by atomic mass is 10.3. The normalized spacial score (nSPS) is 14.2. The van der Waals surface area contributed by atoms with Gasteiger partial charge in [-0.3, -0.25) is 4.79 Å². The van der Waals surface area contributed by atoms with Gasteiger partial charge in [0.05, 0.1) is 13.7 Å². The Morgan fingerprint density at radius 3 is 2.50 bits per heavy atom. The maximum absolute atomic E-state index is 11.5. The number of rotatable bonds is 5. The van der Waals surface area contributed by atoms with Crippen molar-refractivity contribution >= 4 is 11.6 Å². The molecule has 4 nitrogen and oxygen atoms in total. The van der Waals surface area contributed by atoms with Gasteiger partial charge in [-0.2, -0.15) is 10.0 Å². The second kappa shape index (κ2) is 5.63. The minimum Gasteiger partial charge on any atom is -0.390 e. The van der Waals surface area contributed by atoms with Gasteiger partial charge in [0.1, 0.15) is 6.54 Å². The van der Waals surface area contributed by atoms with Gasteiger partial charge in [0.15, 0.2) is 5.69 Å². The number of aliphatic hydroxyl groups excluding tert-OH is 1. The predicted octanol–water partition coefficient (Wildman–Crippen LogP) is 1.06. The predicted molar refractivity (Wildman–Crippen MR) is 64.5 cm³/mol. The van der Waals surface area contributed by atoms with Crippen LogP contribution in [0.4, 0.5) is 5.69 Å². The first kappa shape index (κ1) is 12.7. The van der Waals surface area contributed by atoms with E-state index >= 15 is 0 Å². The van der Waals surface area contributed by atoms with E-state index in [1.165, 1.54) is 0 Å². The fraction of sp³-hybridized carbons (Fsp3) is 0.417. The quantitative estimate of drug-likeness (QED) is 0.579. The first-order valence-corrected chi connectivity index (χ1v) is 5.45. The van der Waals surface area contributed by atoms with Crippen molar-refractivity contribution in [1.82, 2.24) is 10.0 Å². The number of quaternary nitrogens is 1. The molecular formula is C12H19N2O2+. The number of para-hydroxylation sites is 1. The molecule has 16 heavy (non-hydrogen) atoms. The summed E-state index contributed by atoms with van der Waals surface area (Å²) in [6.07, 6.45) is 0.437. The first-order chi connectivity index (χ1) is 7.62. The zero-order chi connectivity index (χ0) is 12.0. The zero-order valence-electron chi connectivity index (χ0n) is 9.81. The number of nitrogens with one attached hydrogen (secondary N) is 1. The summed E-state index contributed by atoms with van der Waals surface area (Å²) in [5.41, 5.74) is 3.86. The Bertz CT molecular complexity index is 340. The van der Waals surface area contributed by atoms with Gasteiger partial charge in [0, 0.05) is 18.6 Å². The molecule has 0 aromatic heterocycles. The van der Waals surface area contributed by atoms with Crippen LogP contribution < -0.4 is 10.0 Å². The van der Waals surface area contributed by atoms with E-state index in [1.807, 2.05) is 44.3 Å². The smallest absolute Gasteiger partial charge is 0.265 e. The Kier molecular flexibility index (Phi) is 4.46. The van der Waals surface area contributed by atoms with Gasteiger partial charge in [-0.15, -0.1) is 0 Å². The highest BCUT2D eigenvalue weighted by molar-refractivity contribution is 5.76. The van der Waals surface area contributed by atoms with Crippen LogP contribution in [0.25, 0.3) is 0 Å². The van der Waals surface area contributed by atoms with Crippen LogP contribution in [0, 0.1) is 0 Å². The molecule has 0 saturated carbocycles. The molecule has 88 valence electrons. The monoisotopic (exact) mass is 223 g/mol. The molecule has 1 unspecified atom stereocenters. The van der Waals surface area contributed by atoms with Crippen LogP contribution in [-0.2, 0) is 4.79 Å². The Hall–Kier alpha value is -1.39. The highest BCUT2D eigenvalue weighted by Gasteiger charge is 2.26. The molecule has 0 aliphatic rings. The highest BCUT2D eigenvalue weighted by atomic mass is 16.3. The highest BCUT2D eigenvalue weighted by Crippen LogP contribution is 2.17. The van der Waals surface area contributed by atoms with Crippen molar-refractivity contribution in [2.24, 2.45) is 0 Å². The molecule has 0 heterocycles. The van der Waals surface area contributed by atoms with Gasteiger partial charge in [-0.05, 0) is 0 Å². The van der Waals surface area contributed by atoms with Crippen LogP contribution >= 0.6 is 0 Å². The maximum atomic E-state index is 11.5. The van der Waals surface area contributed by atoms with E-state index in [2.05, 4.69) is 5.43 Å². The number of carbonyl (C=O) groups is 1. The maximum Gasteiger partial charge on any atom is 0.265 e. The van der Waals surface area contributed by atoms with Crippen molar-refractivity contribution in [1.29, 1.82) is 0 Å². The summed E-state index contributed by atoms with van der Waals surface area (Å²) in [7, 11) is 1.87. The summed E-state index contributed by atoms with van der Waals surface area (Å²) in [6.45, 7) is 2.29. The number of hydrogen-bond acceptors (Lipinski definition) is 2. The third kappa shape index (κ3) is 3.05. The average Bonchev–Trinajstić information content (AvgIpc) is 2.30. The number of hydrogen-bond donors (Lipinski definition) is 2. The summed E-state index contributed by atoms with van der Waals surface area (Å²) in [6, 6.07) is 9.63. The first-order valence-electron chi connectivity index (χ1n) is 5.45. The molecule has 2 N–H and O–H groups in total. The summed E-state index contributed by atoms with van der Waals surface area (Å²) in [5, 5.41) is 9.08. The van der Waals surface area contributed by atoms with Crippen LogP contribution in [-0.4, -0.2) is 31.2 Å². The Morgan fingerprint density at radius 1 is 1.38 bits per heavy atom. The standard InChI is InChI=1S/C12H18N2O2/c1-3-12(16)13-14(2,9-10-15)11-7-5-4-6-8-11/h4-8,15H,3,9-10H2,1-2H3/p+1. The van der Waals surface area contributed by atoms with Crippen molar-refractivity contribution < 1.29 is 9.90 Å². The third-order valence-electron chi connectivity index (χ3n) is 2.57. The van der Waals surface area contributed by atoms with Crippen molar-refractivity contribution in [2.75, 3.05) is 20.2 Å². The molecule has 0 aliphatic heterocycles. The van der Waals surface area contributed by atoms with E-state index < -0.39 is 0 Å². The fourth-order valence-corrected chi connectivity index (χ4v) is 1.56. The lowest BCUT2D eigenvalue weighted by Crippen LogP contribution is -2.60. The summed E-state index contributed by atoms with van der Waals surface area (Å²) < 4.78 is 0.226. The van der Waals surface area contributed by atoms with E-state index in [0.717, 1.165) is 5.69 Å². The van der Waals surface area contributed by atoms with Gasteiger partial charge in [-0.25, -0.2) is 0 Å². The average molecular weight is 223 g/mol. The molecule has 0 fully saturated rings. The molecule has 4 heteroatoms. The number of likely N-dealkylation sites (N-methyl/N-ethyl adjacent to an activating group) is 1. The molecule has 0 radical (unpaired) electrons. The summed E-state index contributed by atoms with van der Waals surface area (Å²) in [5.74, 6) is -0.0280. The van der Waals surface area contributed by atoms with E-state index in [4.69, 9.17) is 5.11 Å². The van der Waals surface area contributed by atoms with Gasteiger partial charge in [0.2, 0.25) is 0 Å². The SMILES string of the molecule is CCC(=O)N[N+](C)(CCO)c1ccccc1. The van der Waals surface area contributed by atoms with Gasteiger partial charge in [-0.1, -0.05) is 25.1 Å². The molecule has 0 bridgehead atoms. The van der Waals surface area contributed by atoms with Crippen LogP contribution in [0.2, 0.25) is 0 Å². The van der Waals surface area contributed by atoms with Crippen molar-refractivity contribution in [3.8, 4) is 0 Å². The molecule has 1 aromatic rings. The molecule has 0 aliphatic carbocycles. The Labute approximate surface area is 96.1 Å². The summed E-state index contributed by atoms with van der Waals surface area (Å²) in [4.78, 5) is 11.5. The van der Waals surface area contributed by atoms with Crippen LogP contribution in [0.1, 0.15) is 13.3 Å². The second-order valence-electron chi connectivity index (χ2n) is 3.86.